The Bertz CT molecular complexity index is 994. The second-order valence-corrected chi connectivity index (χ2v) is 8.53. The van der Waals surface area contributed by atoms with E-state index in [0.717, 1.165) is 49.2 Å². The van der Waals surface area contributed by atoms with Gasteiger partial charge >= 0.3 is 0 Å². The molecule has 2 heterocycles. The lowest BCUT2D eigenvalue weighted by Crippen LogP contribution is -2.37. The molecule has 2 aliphatic heterocycles. The van der Waals surface area contributed by atoms with Gasteiger partial charge in [0.15, 0.2) is 11.5 Å². The Labute approximate surface area is 177 Å². The smallest absolute Gasteiger partial charge is 0.255 e. The van der Waals surface area contributed by atoms with Crippen LogP contribution in [0.5, 0.6) is 11.5 Å². The van der Waals surface area contributed by atoms with Crippen LogP contribution in [0.15, 0.2) is 48.6 Å². The first kappa shape index (κ1) is 19.0. The van der Waals surface area contributed by atoms with Crippen LogP contribution in [0.4, 0.5) is 5.69 Å². The van der Waals surface area contributed by atoms with E-state index in [9.17, 15) is 9.90 Å². The molecule has 156 valence electrons. The number of piperidine rings is 1. The van der Waals surface area contributed by atoms with Gasteiger partial charge in [-0.2, -0.15) is 0 Å². The van der Waals surface area contributed by atoms with Gasteiger partial charge in [-0.1, -0.05) is 30.4 Å². The highest BCUT2D eigenvalue weighted by molar-refractivity contribution is 6.01. The average Bonchev–Trinajstić information content (AvgIpc) is 3.28. The van der Waals surface area contributed by atoms with Crippen molar-refractivity contribution in [3.63, 3.8) is 0 Å². The number of benzene rings is 2. The van der Waals surface area contributed by atoms with Gasteiger partial charge in [0.25, 0.3) is 5.91 Å². The molecule has 2 N–H and O–H groups in total. The summed E-state index contributed by atoms with van der Waals surface area (Å²) in [5.74, 6) is 1.35. The number of nitrogens with zero attached hydrogens (tertiary/aromatic N) is 1. The van der Waals surface area contributed by atoms with Crippen molar-refractivity contribution < 1.29 is 14.6 Å². The number of aromatic hydroxyl groups is 1. The maximum Gasteiger partial charge on any atom is 0.255 e. The number of likely N-dealkylation sites (tertiary alicyclic amines) is 1. The van der Waals surface area contributed by atoms with Gasteiger partial charge in [-0.15, -0.1) is 0 Å². The van der Waals surface area contributed by atoms with E-state index in [4.69, 9.17) is 4.74 Å². The lowest BCUT2D eigenvalue weighted by Gasteiger charge is -2.39. The zero-order valence-electron chi connectivity index (χ0n) is 17.3. The number of hydrogen-bond acceptors (Lipinski definition) is 4. The van der Waals surface area contributed by atoms with Gasteiger partial charge in [-0.25, -0.2) is 0 Å². The van der Waals surface area contributed by atoms with Crippen LogP contribution in [-0.2, 0) is 0 Å². The van der Waals surface area contributed by atoms with Gasteiger partial charge < -0.3 is 20.1 Å². The van der Waals surface area contributed by atoms with Crippen LogP contribution < -0.4 is 10.1 Å². The molecular formula is C25H28N2O3. The molecule has 3 unspecified atom stereocenters. The van der Waals surface area contributed by atoms with Gasteiger partial charge in [0, 0.05) is 19.0 Å². The molecule has 5 heteroatoms. The largest absolute Gasteiger partial charge is 0.504 e. The lowest BCUT2D eigenvalue weighted by atomic mass is 9.76. The van der Waals surface area contributed by atoms with Crippen molar-refractivity contribution in [1.82, 2.24) is 4.90 Å². The molecule has 0 radical (unpaired) electrons. The van der Waals surface area contributed by atoms with Crippen LogP contribution >= 0.6 is 0 Å². The summed E-state index contributed by atoms with van der Waals surface area (Å²) in [7, 11) is 1.55. The molecule has 3 aliphatic rings. The summed E-state index contributed by atoms with van der Waals surface area (Å²) >= 11 is 0. The molecule has 0 aromatic heterocycles. The predicted molar refractivity (Wildman–Crippen MR) is 117 cm³/mol. The maximum atomic E-state index is 13.4. The minimum atomic E-state index is 0.0182. The van der Waals surface area contributed by atoms with Crippen LogP contribution in [0.25, 0.3) is 0 Å². The number of hydrogen-bond donors (Lipinski definition) is 2. The van der Waals surface area contributed by atoms with Crippen molar-refractivity contribution in [2.75, 3.05) is 25.5 Å². The van der Waals surface area contributed by atoms with Gasteiger partial charge in [-0.05, 0) is 60.9 Å². The van der Waals surface area contributed by atoms with Crippen LogP contribution in [0, 0.1) is 5.92 Å². The van der Waals surface area contributed by atoms with Crippen LogP contribution in [0.3, 0.4) is 0 Å². The first-order chi connectivity index (χ1) is 14.7. The van der Waals surface area contributed by atoms with Crippen molar-refractivity contribution in [2.24, 2.45) is 5.92 Å². The molecule has 1 saturated heterocycles. The maximum absolute atomic E-state index is 13.4. The Hall–Kier alpha value is -2.95. The number of fused-ring (bicyclic) bond motifs is 3. The molecular weight excluding hydrogens is 376 g/mol. The first-order valence-electron chi connectivity index (χ1n) is 10.9. The summed E-state index contributed by atoms with van der Waals surface area (Å²) in [6.45, 7) is 1.68. The topological polar surface area (TPSA) is 61.8 Å². The third-order valence-electron chi connectivity index (χ3n) is 6.83. The monoisotopic (exact) mass is 404 g/mol. The normalized spacial score (nSPS) is 24.7. The third kappa shape index (κ3) is 3.13. The second-order valence-electron chi connectivity index (χ2n) is 8.53. The SMILES string of the molecule is COc1ccc(C2Nc3c(C(=O)N4CCCCC4)cccc3C3C=CCC32)cc1O. The predicted octanol–water partition coefficient (Wildman–Crippen LogP) is 4.85. The highest BCUT2D eigenvalue weighted by atomic mass is 16.5. The quantitative estimate of drug-likeness (QED) is 0.718. The molecule has 1 fully saturated rings. The molecule has 30 heavy (non-hydrogen) atoms. The van der Waals surface area contributed by atoms with E-state index in [2.05, 4.69) is 23.5 Å². The van der Waals surface area contributed by atoms with Gasteiger partial charge in [0.2, 0.25) is 0 Å². The first-order valence-corrected chi connectivity index (χ1v) is 10.9. The zero-order valence-corrected chi connectivity index (χ0v) is 17.3. The molecule has 5 rings (SSSR count). The molecule has 5 nitrogen and oxygen atoms in total. The Balaban J connectivity index is 1.54. The third-order valence-corrected chi connectivity index (χ3v) is 6.83. The van der Waals surface area contributed by atoms with Crippen molar-refractivity contribution in [3.8, 4) is 11.5 Å². The van der Waals surface area contributed by atoms with Crippen LogP contribution in [0.2, 0.25) is 0 Å². The summed E-state index contributed by atoms with van der Waals surface area (Å²) in [5, 5.41) is 14.0. The van der Waals surface area contributed by atoms with E-state index >= 15 is 0 Å². The number of phenols is 1. The van der Waals surface area contributed by atoms with E-state index in [1.165, 1.54) is 12.0 Å². The van der Waals surface area contributed by atoms with Crippen molar-refractivity contribution in [3.05, 3.63) is 65.2 Å². The van der Waals surface area contributed by atoms with E-state index in [0.29, 0.717) is 11.7 Å². The Morgan fingerprint density at radius 3 is 2.77 bits per heavy atom. The molecule has 2 aromatic rings. The summed E-state index contributed by atoms with van der Waals surface area (Å²) in [6.07, 6.45) is 8.84. The van der Waals surface area contributed by atoms with E-state index in [1.807, 2.05) is 29.2 Å². The standard InChI is InChI=1S/C25H28N2O3/c1-30-22-12-11-16(15-21(22)28)23-18-8-5-7-17(18)19-9-6-10-20(24(19)26-23)25(29)27-13-3-2-4-14-27/h5-7,9-12,15,17-18,23,26,28H,2-4,8,13-14H2,1H3. The number of anilines is 1. The Kier molecular flexibility index (Phi) is 4.89. The minimum Gasteiger partial charge on any atom is -0.504 e. The number of nitrogens with one attached hydrogen (secondary N) is 1. The molecule has 1 aliphatic carbocycles. The molecule has 0 saturated carbocycles. The Morgan fingerprint density at radius 2 is 2.00 bits per heavy atom. The van der Waals surface area contributed by atoms with Crippen LogP contribution in [-0.4, -0.2) is 36.1 Å². The molecule has 0 bridgehead atoms. The minimum absolute atomic E-state index is 0.0182. The number of carbonyl (C=O) groups is 1. The molecule has 3 atom stereocenters. The number of rotatable bonds is 3. The van der Waals surface area contributed by atoms with E-state index < -0.39 is 0 Å². The Morgan fingerprint density at radius 1 is 1.17 bits per heavy atom. The fourth-order valence-corrected chi connectivity index (χ4v) is 5.30. The van der Waals surface area contributed by atoms with E-state index in [1.54, 1.807) is 13.2 Å². The lowest BCUT2D eigenvalue weighted by molar-refractivity contribution is 0.0725. The summed E-state index contributed by atoms with van der Waals surface area (Å²) < 4.78 is 5.22. The summed E-state index contributed by atoms with van der Waals surface area (Å²) in [6, 6.07) is 11.7. The van der Waals surface area contributed by atoms with Gasteiger partial charge in [0.1, 0.15) is 0 Å². The summed E-state index contributed by atoms with van der Waals surface area (Å²) in [5.41, 5.74) is 3.92. The fraction of sp³-hybridized carbons (Fsp3) is 0.400. The average molecular weight is 405 g/mol. The van der Waals surface area contributed by atoms with Gasteiger partial charge in [0.05, 0.1) is 24.4 Å². The van der Waals surface area contributed by atoms with Gasteiger partial charge in [-0.3, -0.25) is 4.79 Å². The summed E-state index contributed by atoms with van der Waals surface area (Å²) in [4.78, 5) is 15.3. The molecule has 0 spiro atoms. The number of ether oxygens (including phenoxy) is 1. The second kappa shape index (κ2) is 7.71. The number of amides is 1. The number of allylic oxidation sites excluding steroid dienone is 2. The zero-order chi connectivity index (χ0) is 20.7. The number of methoxy groups -OCH3 is 1. The molecule has 2 aromatic carbocycles. The number of phenolic OH excluding ortho intramolecular Hbond substituents is 1. The highest BCUT2D eigenvalue weighted by Crippen LogP contribution is 2.51. The number of carbonyl (C=O) groups excluding carboxylic acids is 1. The highest BCUT2D eigenvalue weighted by Gasteiger charge is 2.39. The van der Waals surface area contributed by atoms with Crippen molar-refractivity contribution >= 4 is 11.6 Å². The fourth-order valence-electron chi connectivity index (χ4n) is 5.30. The number of para-hydroxylation sites is 1. The van der Waals surface area contributed by atoms with Crippen molar-refractivity contribution in [2.45, 2.75) is 37.6 Å². The molecule has 1 amide bonds. The van der Waals surface area contributed by atoms with Crippen LogP contribution in [0.1, 0.15) is 59.1 Å². The van der Waals surface area contributed by atoms with E-state index in [-0.39, 0.29) is 23.6 Å². The van der Waals surface area contributed by atoms with Crippen molar-refractivity contribution in [1.29, 1.82) is 0 Å².